The summed E-state index contributed by atoms with van der Waals surface area (Å²) in [5.74, 6) is 0.753. The van der Waals surface area contributed by atoms with E-state index in [1.54, 1.807) is 0 Å². The molecule has 0 heterocycles. The average molecular weight is 256 g/mol. The van der Waals surface area contributed by atoms with Crippen LogP contribution in [0.2, 0.25) is 0 Å². The fraction of sp³-hybridized carbons (Fsp3) is 0.500. The highest BCUT2D eigenvalue weighted by molar-refractivity contribution is 9.10. The van der Waals surface area contributed by atoms with Crippen molar-refractivity contribution in [1.82, 2.24) is 5.32 Å². The first kappa shape index (κ1) is 11.7. The molecule has 1 unspecified atom stereocenters. The van der Waals surface area contributed by atoms with Gasteiger partial charge >= 0.3 is 0 Å². The molecule has 2 heteroatoms. The molecule has 1 nitrogen and oxygen atoms in total. The van der Waals surface area contributed by atoms with Gasteiger partial charge in [0.1, 0.15) is 0 Å². The van der Waals surface area contributed by atoms with Gasteiger partial charge in [0.05, 0.1) is 0 Å². The van der Waals surface area contributed by atoms with Crippen molar-refractivity contribution < 1.29 is 0 Å². The SMILES string of the molecule is CNCCC(C)Cc1ccc(Br)cc1. The number of benzene rings is 1. The van der Waals surface area contributed by atoms with E-state index < -0.39 is 0 Å². The van der Waals surface area contributed by atoms with E-state index in [0.29, 0.717) is 0 Å². The molecule has 1 N–H and O–H groups in total. The van der Waals surface area contributed by atoms with E-state index in [4.69, 9.17) is 0 Å². The van der Waals surface area contributed by atoms with Gasteiger partial charge in [0.2, 0.25) is 0 Å². The van der Waals surface area contributed by atoms with Gasteiger partial charge in [0.15, 0.2) is 0 Å². The minimum Gasteiger partial charge on any atom is -0.320 e. The molecule has 0 amide bonds. The lowest BCUT2D eigenvalue weighted by Gasteiger charge is -2.10. The summed E-state index contributed by atoms with van der Waals surface area (Å²) < 4.78 is 1.16. The highest BCUT2D eigenvalue weighted by Gasteiger charge is 2.02. The van der Waals surface area contributed by atoms with Crippen LogP contribution >= 0.6 is 15.9 Å². The van der Waals surface area contributed by atoms with E-state index in [2.05, 4.69) is 52.4 Å². The first-order valence-electron chi connectivity index (χ1n) is 5.11. The summed E-state index contributed by atoms with van der Waals surface area (Å²) in [5.41, 5.74) is 1.43. The van der Waals surface area contributed by atoms with E-state index in [9.17, 15) is 0 Å². The molecule has 0 aromatic heterocycles. The number of nitrogens with one attached hydrogen (secondary N) is 1. The van der Waals surface area contributed by atoms with Crippen molar-refractivity contribution in [2.75, 3.05) is 13.6 Å². The summed E-state index contributed by atoms with van der Waals surface area (Å²) in [6.07, 6.45) is 2.42. The van der Waals surface area contributed by atoms with Crippen LogP contribution in [-0.4, -0.2) is 13.6 Å². The van der Waals surface area contributed by atoms with Gasteiger partial charge in [0, 0.05) is 4.47 Å². The minimum absolute atomic E-state index is 0.753. The largest absolute Gasteiger partial charge is 0.320 e. The van der Waals surface area contributed by atoms with E-state index in [1.807, 2.05) is 7.05 Å². The maximum atomic E-state index is 3.44. The van der Waals surface area contributed by atoms with Crippen molar-refractivity contribution in [3.63, 3.8) is 0 Å². The Balaban J connectivity index is 2.39. The Labute approximate surface area is 95.0 Å². The lowest BCUT2D eigenvalue weighted by Crippen LogP contribution is -2.12. The molecule has 0 saturated heterocycles. The van der Waals surface area contributed by atoms with Crippen LogP contribution in [0.25, 0.3) is 0 Å². The molecule has 0 aliphatic heterocycles. The van der Waals surface area contributed by atoms with Gasteiger partial charge in [0.25, 0.3) is 0 Å². The third kappa shape index (κ3) is 4.25. The van der Waals surface area contributed by atoms with Crippen LogP contribution in [0.5, 0.6) is 0 Å². The van der Waals surface area contributed by atoms with E-state index in [1.165, 1.54) is 18.4 Å². The van der Waals surface area contributed by atoms with Gasteiger partial charge in [-0.05, 0) is 50.0 Å². The molecular formula is C12H18BrN. The zero-order chi connectivity index (χ0) is 10.4. The van der Waals surface area contributed by atoms with E-state index in [0.717, 1.165) is 16.9 Å². The lowest BCUT2D eigenvalue weighted by atomic mass is 9.98. The summed E-state index contributed by atoms with van der Waals surface area (Å²) >= 11 is 3.44. The summed E-state index contributed by atoms with van der Waals surface area (Å²) in [7, 11) is 2.01. The van der Waals surface area contributed by atoms with Crippen LogP contribution in [0.3, 0.4) is 0 Å². The molecule has 0 saturated carbocycles. The van der Waals surface area contributed by atoms with Gasteiger partial charge < -0.3 is 5.32 Å². The van der Waals surface area contributed by atoms with Crippen LogP contribution in [-0.2, 0) is 6.42 Å². The Bertz CT molecular complexity index is 256. The molecule has 0 bridgehead atoms. The topological polar surface area (TPSA) is 12.0 Å². The summed E-state index contributed by atoms with van der Waals surface area (Å²) in [6.45, 7) is 3.41. The second kappa shape index (κ2) is 6.20. The first-order valence-corrected chi connectivity index (χ1v) is 5.90. The van der Waals surface area contributed by atoms with Crippen molar-refractivity contribution in [3.8, 4) is 0 Å². The maximum absolute atomic E-state index is 3.44. The number of rotatable bonds is 5. The number of hydrogen-bond acceptors (Lipinski definition) is 1. The van der Waals surface area contributed by atoms with Gasteiger partial charge in [-0.3, -0.25) is 0 Å². The minimum atomic E-state index is 0.753. The first-order chi connectivity index (χ1) is 6.72. The van der Waals surface area contributed by atoms with E-state index >= 15 is 0 Å². The standard InChI is InChI=1S/C12H18BrN/c1-10(7-8-14-2)9-11-3-5-12(13)6-4-11/h3-6,10,14H,7-9H2,1-2H3. The molecule has 0 fully saturated rings. The maximum Gasteiger partial charge on any atom is 0.0175 e. The lowest BCUT2D eigenvalue weighted by molar-refractivity contribution is 0.515. The van der Waals surface area contributed by atoms with Crippen molar-refractivity contribution in [3.05, 3.63) is 34.3 Å². The Kier molecular flexibility index (Phi) is 5.20. The summed E-state index contributed by atoms with van der Waals surface area (Å²) in [4.78, 5) is 0. The van der Waals surface area contributed by atoms with Crippen LogP contribution in [0.15, 0.2) is 28.7 Å². The fourth-order valence-electron chi connectivity index (χ4n) is 1.52. The predicted octanol–water partition coefficient (Wildman–Crippen LogP) is 3.24. The highest BCUT2D eigenvalue weighted by atomic mass is 79.9. The zero-order valence-corrected chi connectivity index (χ0v) is 10.5. The quantitative estimate of drug-likeness (QED) is 0.852. The Morgan fingerprint density at radius 3 is 2.50 bits per heavy atom. The molecule has 1 aromatic rings. The van der Waals surface area contributed by atoms with Crippen molar-refractivity contribution in [2.24, 2.45) is 5.92 Å². The Morgan fingerprint density at radius 2 is 1.93 bits per heavy atom. The number of halogens is 1. The highest BCUT2D eigenvalue weighted by Crippen LogP contribution is 2.15. The summed E-state index contributed by atoms with van der Waals surface area (Å²) in [6, 6.07) is 8.61. The van der Waals surface area contributed by atoms with Crippen LogP contribution in [0.4, 0.5) is 0 Å². The molecule has 1 rings (SSSR count). The molecule has 0 aliphatic carbocycles. The molecule has 1 aromatic carbocycles. The van der Waals surface area contributed by atoms with Crippen molar-refractivity contribution in [1.29, 1.82) is 0 Å². The van der Waals surface area contributed by atoms with Crippen LogP contribution in [0, 0.1) is 5.92 Å². The predicted molar refractivity (Wildman–Crippen MR) is 65.6 cm³/mol. The van der Waals surface area contributed by atoms with Crippen molar-refractivity contribution >= 4 is 15.9 Å². The van der Waals surface area contributed by atoms with E-state index in [-0.39, 0.29) is 0 Å². The molecular weight excluding hydrogens is 238 g/mol. The normalized spacial score (nSPS) is 12.8. The van der Waals surface area contributed by atoms with Crippen LogP contribution < -0.4 is 5.32 Å². The second-order valence-electron chi connectivity index (χ2n) is 3.83. The second-order valence-corrected chi connectivity index (χ2v) is 4.74. The Morgan fingerprint density at radius 1 is 1.29 bits per heavy atom. The monoisotopic (exact) mass is 255 g/mol. The third-order valence-electron chi connectivity index (χ3n) is 2.38. The molecule has 14 heavy (non-hydrogen) atoms. The smallest absolute Gasteiger partial charge is 0.0175 e. The molecule has 1 atom stereocenters. The van der Waals surface area contributed by atoms with Gasteiger partial charge in [-0.2, -0.15) is 0 Å². The van der Waals surface area contributed by atoms with Gasteiger partial charge in [-0.1, -0.05) is 35.0 Å². The van der Waals surface area contributed by atoms with Crippen molar-refractivity contribution in [2.45, 2.75) is 19.8 Å². The fourth-order valence-corrected chi connectivity index (χ4v) is 1.78. The third-order valence-corrected chi connectivity index (χ3v) is 2.91. The Hall–Kier alpha value is -0.340. The van der Waals surface area contributed by atoms with Gasteiger partial charge in [-0.15, -0.1) is 0 Å². The zero-order valence-electron chi connectivity index (χ0n) is 8.89. The average Bonchev–Trinajstić information content (AvgIpc) is 2.18. The number of hydrogen-bond donors (Lipinski definition) is 1. The molecule has 0 aliphatic rings. The van der Waals surface area contributed by atoms with Gasteiger partial charge in [-0.25, -0.2) is 0 Å². The molecule has 0 radical (unpaired) electrons. The molecule has 78 valence electrons. The molecule has 0 spiro atoms. The summed E-state index contributed by atoms with van der Waals surface area (Å²) in [5, 5.41) is 3.19. The van der Waals surface area contributed by atoms with Crippen LogP contribution in [0.1, 0.15) is 18.9 Å².